The van der Waals surface area contributed by atoms with Crippen molar-refractivity contribution in [1.29, 1.82) is 10.5 Å². The van der Waals surface area contributed by atoms with Gasteiger partial charge in [0.05, 0.1) is 29.9 Å². The number of nitrogens with one attached hydrogen (secondary N) is 2. The first-order valence-electron chi connectivity index (χ1n) is 11.2. The summed E-state index contributed by atoms with van der Waals surface area (Å²) in [5.74, 6) is 1.62. The van der Waals surface area contributed by atoms with Crippen LogP contribution < -0.4 is 20.4 Å². The van der Waals surface area contributed by atoms with Crippen LogP contribution in [0.5, 0.6) is 0 Å². The minimum atomic E-state index is -0.292. The highest BCUT2D eigenvalue weighted by molar-refractivity contribution is 6.04. The van der Waals surface area contributed by atoms with Crippen molar-refractivity contribution in [2.75, 3.05) is 46.6 Å². The van der Waals surface area contributed by atoms with Crippen molar-refractivity contribution in [1.82, 2.24) is 20.2 Å². The van der Waals surface area contributed by atoms with Gasteiger partial charge in [-0.25, -0.2) is 9.97 Å². The number of anilines is 4. The van der Waals surface area contributed by atoms with Crippen LogP contribution in [0.1, 0.15) is 12.0 Å². The quantitative estimate of drug-likeness (QED) is 0.517. The number of nitriles is 2. The van der Waals surface area contributed by atoms with Crippen LogP contribution in [0.15, 0.2) is 43.2 Å². The lowest BCUT2D eigenvalue weighted by molar-refractivity contribution is -0.111. The number of fused-ring (bicyclic) bond motifs is 1. The topological polar surface area (TPSA) is 147 Å². The van der Waals surface area contributed by atoms with E-state index in [-0.39, 0.29) is 17.9 Å². The van der Waals surface area contributed by atoms with E-state index in [4.69, 9.17) is 5.26 Å². The molecule has 4 heterocycles. The largest absolute Gasteiger partial charge is 0.352 e. The smallest absolute Gasteiger partial charge is 0.247 e. The second kappa shape index (κ2) is 9.23. The van der Waals surface area contributed by atoms with E-state index in [0.717, 1.165) is 29.6 Å². The van der Waals surface area contributed by atoms with Crippen molar-refractivity contribution in [2.45, 2.75) is 12.5 Å². The van der Waals surface area contributed by atoms with Crippen molar-refractivity contribution < 1.29 is 4.79 Å². The third-order valence-electron chi connectivity index (χ3n) is 6.16. The fourth-order valence-electron chi connectivity index (χ4n) is 4.31. The van der Waals surface area contributed by atoms with Gasteiger partial charge in [0.2, 0.25) is 11.9 Å². The summed E-state index contributed by atoms with van der Waals surface area (Å²) < 4.78 is 0. The lowest BCUT2D eigenvalue weighted by atomic mass is 10.0. The van der Waals surface area contributed by atoms with Gasteiger partial charge >= 0.3 is 0 Å². The molecule has 5 rings (SSSR count). The van der Waals surface area contributed by atoms with E-state index in [2.05, 4.69) is 48.3 Å². The highest BCUT2D eigenvalue weighted by atomic mass is 16.1. The first kappa shape index (κ1) is 22.0. The molecule has 2 N–H and O–H groups in total. The van der Waals surface area contributed by atoms with Gasteiger partial charge in [-0.3, -0.25) is 4.79 Å². The van der Waals surface area contributed by atoms with Gasteiger partial charge in [0.1, 0.15) is 6.07 Å². The van der Waals surface area contributed by atoms with E-state index in [1.54, 1.807) is 0 Å². The number of amides is 1. The number of nitrogens with zero attached hydrogens (tertiary/aromatic N) is 8. The Balaban J connectivity index is 1.41. The van der Waals surface area contributed by atoms with Crippen LogP contribution in [0, 0.1) is 28.6 Å². The van der Waals surface area contributed by atoms with Crippen LogP contribution in [0.25, 0.3) is 10.8 Å². The Hall–Kier alpha value is -4.77. The summed E-state index contributed by atoms with van der Waals surface area (Å²) >= 11 is 0. The predicted molar refractivity (Wildman–Crippen MR) is 131 cm³/mol. The summed E-state index contributed by atoms with van der Waals surface area (Å²) in [6, 6.07) is 10.1. The molecule has 174 valence electrons. The van der Waals surface area contributed by atoms with Crippen LogP contribution in [0.3, 0.4) is 0 Å². The Morgan fingerprint density at radius 2 is 1.83 bits per heavy atom. The summed E-state index contributed by atoms with van der Waals surface area (Å²) in [4.78, 5) is 24.4. The molecule has 1 amide bonds. The first-order valence-corrected chi connectivity index (χ1v) is 11.2. The Labute approximate surface area is 201 Å². The van der Waals surface area contributed by atoms with Gasteiger partial charge in [0, 0.05) is 48.7 Å². The molecular formula is C24H22N10O. The van der Waals surface area contributed by atoms with E-state index in [1.165, 1.54) is 18.5 Å². The first-order chi connectivity index (χ1) is 17.1. The molecule has 0 spiro atoms. The summed E-state index contributed by atoms with van der Waals surface area (Å²) in [6.07, 6.45) is 5.07. The van der Waals surface area contributed by atoms with Gasteiger partial charge in [0.15, 0.2) is 11.6 Å². The monoisotopic (exact) mass is 466 g/mol. The van der Waals surface area contributed by atoms with Crippen molar-refractivity contribution in [3.05, 3.63) is 48.8 Å². The van der Waals surface area contributed by atoms with Crippen molar-refractivity contribution in [3.8, 4) is 12.1 Å². The molecule has 0 bridgehead atoms. The molecule has 2 fully saturated rings. The zero-order valence-corrected chi connectivity index (χ0v) is 18.8. The Bertz CT molecular complexity index is 1370. The highest BCUT2D eigenvalue weighted by Crippen LogP contribution is 2.36. The second-order valence-corrected chi connectivity index (χ2v) is 8.52. The molecule has 1 unspecified atom stereocenters. The van der Waals surface area contributed by atoms with E-state index in [9.17, 15) is 10.1 Å². The van der Waals surface area contributed by atoms with Gasteiger partial charge in [-0.2, -0.15) is 10.5 Å². The molecule has 0 aliphatic carbocycles. The molecular weight excluding hydrogens is 444 g/mol. The number of rotatable bonds is 6. The minimum Gasteiger partial charge on any atom is -0.352 e. The SMILES string of the molecule is C=CC(=O)Nc1ccc2c(N3CCC(Nc4ncc(C#N)cn4)C3)nnc(N3CC(C#N)C3)c2c1. The van der Waals surface area contributed by atoms with Crippen LogP contribution in [0.2, 0.25) is 0 Å². The van der Waals surface area contributed by atoms with Gasteiger partial charge in [-0.1, -0.05) is 6.58 Å². The minimum absolute atomic E-state index is 0.0231. The van der Waals surface area contributed by atoms with Crippen LogP contribution in [-0.2, 0) is 4.79 Å². The molecule has 2 aliphatic rings. The van der Waals surface area contributed by atoms with Gasteiger partial charge < -0.3 is 20.4 Å². The summed E-state index contributed by atoms with van der Waals surface area (Å²) in [5, 5.41) is 35.1. The Morgan fingerprint density at radius 3 is 2.51 bits per heavy atom. The number of carbonyl (C=O) groups excluding carboxylic acids is 1. The number of hydrogen-bond acceptors (Lipinski definition) is 10. The zero-order valence-electron chi connectivity index (χ0n) is 18.8. The summed E-state index contributed by atoms with van der Waals surface area (Å²) in [5.41, 5.74) is 1.05. The van der Waals surface area contributed by atoms with E-state index >= 15 is 0 Å². The molecule has 35 heavy (non-hydrogen) atoms. The number of hydrogen-bond donors (Lipinski definition) is 2. The van der Waals surface area contributed by atoms with Gasteiger partial charge in [-0.15, -0.1) is 10.2 Å². The molecule has 1 atom stereocenters. The van der Waals surface area contributed by atoms with Crippen LogP contribution >= 0.6 is 0 Å². The van der Waals surface area contributed by atoms with Crippen LogP contribution in [0.4, 0.5) is 23.3 Å². The average molecular weight is 467 g/mol. The van der Waals surface area contributed by atoms with E-state index in [1.807, 2.05) is 29.2 Å². The molecule has 0 saturated carbocycles. The Morgan fingerprint density at radius 1 is 1.09 bits per heavy atom. The van der Waals surface area contributed by atoms with Crippen molar-refractivity contribution in [3.63, 3.8) is 0 Å². The number of aromatic nitrogens is 4. The van der Waals surface area contributed by atoms with E-state index < -0.39 is 0 Å². The molecule has 11 heteroatoms. The zero-order chi connectivity index (χ0) is 24.4. The molecule has 0 radical (unpaired) electrons. The number of carbonyl (C=O) groups is 1. The van der Waals surface area contributed by atoms with Gasteiger partial charge in [-0.05, 0) is 30.7 Å². The fraction of sp³-hybridized carbons (Fsp3) is 0.292. The third-order valence-corrected chi connectivity index (χ3v) is 6.16. The third kappa shape index (κ3) is 4.39. The summed E-state index contributed by atoms with van der Waals surface area (Å²) in [6.45, 7) is 6.16. The lowest BCUT2D eigenvalue weighted by Gasteiger charge is -2.36. The van der Waals surface area contributed by atoms with Crippen LogP contribution in [-0.4, -0.2) is 58.3 Å². The fourth-order valence-corrected chi connectivity index (χ4v) is 4.31. The lowest BCUT2D eigenvalue weighted by Crippen LogP contribution is -2.46. The molecule has 2 aromatic heterocycles. The number of benzene rings is 1. The Kier molecular flexibility index (Phi) is 5.81. The average Bonchev–Trinajstić information content (AvgIpc) is 3.32. The van der Waals surface area contributed by atoms with Crippen molar-refractivity contribution in [2.24, 2.45) is 5.92 Å². The van der Waals surface area contributed by atoms with E-state index in [0.29, 0.717) is 42.7 Å². The maximum absolute atomic E-state index is 11.8. The van der Waals surface area contributed by atoms with Crippen molar-refractivity contribution >= 4 is 40.0 Å². The predicted octanol–water partition coefficient (Wildman–Crippen LogP) is 2.07. The molecule has 3 aromatic rings. The second-order valence-electron chi connectivity index (χ2n) is 8.52. The molecule has 11 nitrogen and oxygen atoms in total. The highest BCUT2D eigenvalue weighted by Gasteiger charge is 2.31. The maximum Gasteiger partial charge on any atom is 0.247 e. The summed E-state index contributed by atoms with van der Waals surface area (Å²) in [7, 11) is 0. The maximum atomic E-state index is 11.8. The molecule has 1 aromatic carbocycles. The molecule has 2 aliphatic heterocycles. The standard InChI is InChI=1S/C24H22N10O/c1-2-21(35)29-17-3-4-19-20(7-17)23(34-12-16(9-26)13-34)32-31-22(19)33-6-5-18(14-33)30-24-27-10-15(8-25)11-28-24/h2-4,7,10-11,16,18H,1,5-6,12-14H2,(H,29,35)(H,27,28,30). The molecule has 2 saturated heterocycles. The van der Waals surface area contributed by atoms with Gasteiger partial charge in [0.25, 0.3) is 0 Å². The normalized spacial score (nSPS) is 17.4.